The maximum absolute atomic E-state index is 5.54. The number of benzene rings is 1. The normalized spacial score (nSPS) is 19.8. The quantitative estimate of drug-likeness (QED) is 0.841. The summed E-state index contributed by atoms with van der Waals surface area (Å²) in [7, 11) is 2.10. The standard InChI is InChI=1S/C15H21NO/c1-16-14(12-4-5-12)6-2-11-3-7-15-13(10-11)8-9-17-15/h3,7,10,12,14,16H,2,4-6,8-9H2,1H3. The first kappa shape index (κ1) is 11.1. The van der Waals surface area contributed by atoms with E-state index < -0.39 is 0 Å². The van der Waals surface area contributed by atoms with Gasteiger partial charge in [0.2, 0.25) is 0 Å². The minimum atomic E-state index is 0.722. The van der Waals surface area contributed by atoms with Gasteiger partial charge < -0.3 is 10.1 Å². The van der Waals surface area contributed by atoms with Crippen molar-refractivity contribution in [3.8, 4) is 5.75 Å². The van der Waals surface area contributed by atoms with E-state index in [1.165, 1.54) is 36.8 Å². The summed E-state index contributed by atoms with van der Waals surface area (Å²) >= 11 is 0. The maximum atomic E-state index is 5.54. The number of hydrogen-bond acceptors (Lipinski definition) is 2. The zero-order valence-electron chi connectivity index (χ0n) is 10.5. The third-order valence-corrected chi connectivity index (χ3v) is 4.06. The molecular formula is C15H21NO. The van der Waals surface area contributed by atoms with Crippen molar-refractivity contribution in [3.63, 3.8) is 0 Å². The van der Waals surface area contributed by atoms with Crippen LogP contribution in [0.4, 0.5) is 0 Å². The van der Waals surface area contributed by atoms with Crippen LogP contribution in [0.1, 0.15) is 30.4 Å². The van der Waals surface area contributed by atoms with Crippen LogP contribution >= 0.6 is 0 Å². The van der Waals surface area contributed by atoms with Crippen molar-refractivity contribution in [1.82, 2.24) is 5.32 Å². The van der Waals surface area contributed by atoms with Crippen LogP contribution in [0.2, 0.25) is 0 Å². The van der Waals surface area contributed by atoms with E-state index in [2.05, 4.69) is 30.6 Å². The molecule has 0 aromatic heterocycles. The molecule has 1 aromatic rings. The molecule has 1 saturated carbocycles. The van der Waals surface area contributed by atoms with Gasteiger partial charge in [0.25, 0.3) is 0 Å². The van der Waals surface area contributed by atoms with Gasteiger partial charge in [0, 0.05) is 12.5 Å². The molecule has 17 heavy (non-hydrogen) atoms. The highest BCUT2D eigenvalue weighted by Gasteiger charge is 2.29. The van der Waals surface area contributed by atoms with Gasteiger partial charge in [-0.2, -0.15) is 0 Å². The Labute approximate surface area is 103 Å². The molecule has 0 amide bonds. The van der Waals surface area contributed by atoms with E-state index in [1.54, 1.807) is 0 Å². The molecule has 3 rings (SSSR count). The Kier molecular flexibility index (Phi) is 3.06. The van der Waals surface area contributed by atoms with E-state index in [9.17, 15) is 0 Å². The molecule has 0 saturated heterocycles. The molecule has 92 valence electrons. The van der Waals surface area contributed by atoms with E-state index in [0.29, 0.717) is 0 Å². The fourth-order valence-corrected chi connectivity index (χ4v) is 2.83. The van der Waals surface area contributed by atoms with Crippen molar-refractivity contribution < 1.29 is 4.74 Å². The highest BCUT2D eigenvalue weighted by Crippen LogP contribution is 2.34. The average molecular weight is 231 g/mol. The number of rotatable bonds is 5. The number of aryl methyl sites for hydroxylation is 1. The second-order valence-electron chi connectivity index (χ2n) is 5.31. The van der Waals surface area contributed by atoms with Gasteiger partial charge in [-0.15, -0.1) is 0 Å². The fourth-order valence-electron chi connectivity index (χ4n) is 2.83. The molecule has 1 unspecified atom stereocenters. The Balaban J connectivity index is 1.61. The van der Waals surface area contributed by atoms with Crippen LogP contribution in [0, 0.1) is 5.92 Å². The monoisotopic (exact) mass is 231 g/mol. The van der Waals surface area contributed by atoms with E-state index >= 15 is 0 Å². The molecular weight excluding hydrogens is 210 g/mol. The van der Waals surface area contributed by atoms with Crippen LogP contribution in [-0.4, -0.2) is 19.7 Å². The molecule has 1 atom stereocenters. The predicted molar refractivity (Wildman–Crippen MR) is 69.5 cm³/mol. The molecule has 0 radical (unpaired) electrons. The zero-order valence-corrected chi connectivity index (χ0v) is 10.5. The zero-order chi connectivity index (χ0) is 11.7. The molecule has 1 heterocycles. The molecule has 1 fully saturated rings. The molecule has 2 aliphatic rings. The number of nitrogens with one attached hydrogen (secondary N) is 1. The first-order chi connectivity index (χ1) is 8.36. The highest BCUT2D eigenvalue weighted by molar-refractivity contribution is 5.39. The van der Waals surface area contributed by atoms with Gasteiger partial charge in [-0.05, 0) is 55.8 Å². The van der Waals surface area contributed by atoms with Crippen LogP contribution in [0.5, 0.6) is 5.75 Å². The van der Waals surface area contributed by atoms with E-state index in [-0.39, 0.29) is 0 Å². The van der Waals surface area contributed by atoms with Crippen molar-refractivity contribution in [2.24, 2.45) is 5.92 Å². The summed E-state index contributed by atoms with van der Waals surface area (Å²) in [5, 5.41) is 3.46. The Bertz CT molecular complexity index is 398. The number of hydrogen-bond donors (Lipinski definition) is 1. The lowest BCUT2D eigenvalue weighted by atomic mass is 10.00. The third-order valence-electron chi connectivity index (χ3n) is 4.06. The lowest BCUT2D eigenvalue weighted by Crippen LogP contribution is -2.27. The maximum Gasteiger partial charge on any atom is 0.122 e. The molecule has 1 N–H and O–H groups in total. The Hall–Kier alpha value is -1.02. The van der Waals surface area contributed by atoms with Crippen molar-refractivity contribution >= 4 is 0 Å². The largest absolute Gasteiger partial charge is 0.493 e. The molecule has 1 aliphatic carbocycles. The lowest BCUT2D eigenvalue weighted by molar-refractivity contribution is 0.357. The van der Waals surface area contributed by atoms with Gasteiger partial charge in [-0.1, -0.05) is 12.1 Å². The first-order valence-electron chi connectivity index (χ1n) is 6.78. The van der Waals surface area contributed by atoms with Gasteiger partial charge in [0.15, 0.2) is 0 Å². The fraction of sp³-hybridized carbons (Fsp3) is 0.600. The summed E-state index contributed by atoms with van der Waals surface area (Å²) in [5.41, 5.74) is 2.87. The summed E-state index contributed by atoms with van der Waals surface area (Å²) < 4.78 is 5.54. The molecule has 2 heteroatoms. The topological polar surface area (TPSA) is 21.3 Å². The third kappa shape index (κ3) is 2.47. The summed E-state index contributed by atoms with van der Waals surface area (Å²) in [6.45, 7) is 0.861. The number of ether oxygens (including phenoxy) is 1. The molecule has 0 spiro atoms. The summed E-state index contributed by atoms with van der Waals surface area (Å²) in [5.74, 6) is 2.04. The van der Waals surface area contributed by atoms with Crippen LogP contribution in [-0.2, 0) is 12.8 Å². The van der Waals surface area contributed by atoms with Gasteiger partial charge in [-0.3, -0.25) is 0 Å². The number of fused-ring (bicyclic) bond motifs is 1. The summed E-state index contributed by atoms with van der Waals surface area (Å²) in [6.07, 6.45) is 6.38. The Morgan fingerprint density at radius 1 is 1.41 bits per heavy atom. The van der Waals surface area contributed by atoms with Crippen molar-refractivity contribution in [2.45, 2.75) is 38.1 Å². The Morgan fingerprint density at radius 3 is 3.06 bits per heavy atom. The van der Waals surface area contributed by atoms with Crippen molar-refractivity contribution in [2.75, 3.05) is 13.7 Å². The van der Waals surface area contributed by atoms with Crippen molar-refractivity contribution in [3.05, 3.63) is 29.3 Å². The second kappa shape index (κ2) is 4.69. The van der Waals surface area contributed by atoms with E-state index in [4.69, 9.17) is 4.74 Å². The predicted octanol–water partition coefficient (Wildman–Crippen LogP) is 2.55. The van der Waals surface area contributed by atoms with Crippen LogP contribution < -0.4 is 10.1 Å². The van der Waals surface area contributed by atoms with E-state index in [0.717, 1.165) is 30.7 Å². The van der Waals surface area contributed by atoms with Gasteiger partial charge >= 0.3 is 0 Å². The highest BCUT2D eigenvalue weighted by atomic mass is 16.5. The van der Waals surface area contributed by atoms with Crippen LogP contribution in [0.15, 0.2) is 18.2 Å². The minimum Gasteiger partial charge on any atom is -0.493 e. The first-order valence-corrected chi connectivity index (χ1v) is 6.78. The second-order valence-corrected chi connectivity index (χ2v) is 5.31. The van der Waals surface area contributed by atoms with Gasteiger partial charge in [0.1, 0.15) is 5.75 Å². The Morgan fingerprint density at radius 2 is 2.29 bits per heavy atom. The molecule has 0 bridgehead atoms. The SMILES string of the molecule is CNC(CCc1ccc2c(c1)CCO2)C1CC1. The summed E-state index contributed by atoms with van der Waals surface area (Å²) in [6, 6.07) is 7.43. The van der Waals surface area contributed by atoms with Gasteiger partial charge in [-0.25, -0.2) is 0 Å². The molecule has 1 aromatic carbocycles. The minimum absolute atomic E-state index is 0.722. The van der Waals surface area contributed by atoms with Crippen LogP contribution in [0.25, 0.3) is 0 Å². The van der Waals surface area contributed by atoms with Gasteiger partial charge in [0.05, 0.1) is 6.61 Å². The summed E-state index contributed by atoms with van der Waals surface area (Å²) in [4.78, 5) is 0. The van der Waals surface area contributed by atoms with E-state index in [1.807, 2.05) is 0 Å². The average Bonchev–Trinajstić information content (AvgIpc) is 3.08. The smallest absolute Gasteiger partial charge is 0.122 e. The molecule has 1 aliphatic heterocycles. The molecule has 2 nitrogen and oxygen atoms in total. The van der Waals surface area contributed by atoms with Crippen LogP contribution in [0.3, 0.4) is 0 Å². The lowest BCUT2D eigenvalue weighted by Gasteiger charge is -2.15. The van der Waals surface area contributed by atoms with Crippen molar-refractivity contribution in [1.29, 1.82) is 0 Å².